The van der Waals surface area contributed by atoms with E-state index in [0.717, 1.165) is 73.4 Å². The summed E-state index contributed by atoms with van der Waals surface area (Å²) >= 11 is 0. The summed E-state index contributed by atoms with van der Waals surface area (Å²) in [4.78, 5) is 7.09. The first-order chi connectivity index (χ1) is 36.8. The Bertz CT molecular complexity index is 3820. The van der Waals surface area contributed by atoms with Gasteiger partial charge in [-0.25, -0.2) is 0 Å². The number of fused-ring (bicyclic) bond motifs is 2. The predicted molar refractivity (Wildman–Crippen MR) is 322 cm³/mol. The molecule has 0 heterocycles. The molecule has 13 aromatic carbocycles. The van der Waals surface area contributed by atoms with E-state index >= 15 is 0 Å². The molecule has 0 radical (unpaired) electrons. The molecule has 0 N–H and O–H groups in total. The van der Waals surface area contributed by atoms with Crippen LogP contribution in [-0.2, 0) is 0 Å². The second-order valence-corrected chi connectivity index (χ2v) is 20.1. The lowest BCUT2D eigenvalue weighted by Crippen LogP contribution is -2.11. The van der Waals surface area contributed by atoms with Crippen molar-refractivity contribution in [2.45, 2.75) is 27.7 Å². The van der Waals surface area contributed by atoms with Crippen molar-refractivity contribution in [2.24, 2.45) is 0 Å². The minimum absolute atomic E-state index is 1.09. The first kappa shape index (κ1) is 45.4. The molecule has 358 valence electrons. The van der Waals surface area contributed by atoms with Crippen LogP contribution in [0.25, 0.3) is 65.3 Å². The maximum atomic E-state index is 2.44. The highest BCUT2D eigenvalue weighted by Gasteiger charge is 2.21. The Kier molecular flexibility index (Phi) is 11.4. The van der Waals surface area contributed by atoms with Crippen LogP contribution in [0.4, 0.5) is 51.2 Å². The van der Waals surface area contributed by atoms with Crippen LogP contribution >= 0.6 is 0 Å². The van der Waals surface area contributed by atoms with Crippen molar-refractivity contribution >= 4 is 94.3 Å². The highest BCUT2D eigenvalue weighted by molar-refractivity contribution is 6.34. The lowest BCUT2D eigenvalue weighted by molar-refractivity contribution is 1.27. The van der Waals surface area contributed by atoms with Gasteiger partial charge >= 0.3 is 0 Å². The van der Waals surface area contributed by atoms with E-state index in [-0.39, 0.29) is 0 Å². The van der Waals surface area contributed by atoms with Crippen molar-refractivity contribution in [1.82, 2.24) is 0 Å². The van der Waals surface area contributed by atoms with Gasteiger partial charge in [-0.3, -0.25) is 0 Å². The standard InChI is InChI=1S/C72H55N3/c1-48-14-30-57(31-15-48)73(58-32-16-49(2)17-33-58)61-38-22-52(23-39-61)54-26-42-63(43-27-54)75(70-47-46-68-66-11-6-9-56-8-5-10-65(71(56)66)67-12-7-13-69(70)72(67)68)64-44-28-55(29-45-64)53-24-40-62(41-25-53)74(59-34-18-50(3)19-35-59)60-36-20-51(4)21-37-60/h5-47H,1-4H3. The number of hydrogen-bond acceptors (Lipinski definition) is 3. The Morgan fingerprint density at radius 3 is 0.787 bits per heavy atom. The third-order valence-corrected chi connectivity index (χ3v) is 15.1. The zero-order valence-corrected chi connectivity index (χ0v) is 42.7. The smallest absolute Gasteiger partial charge is 0.0540 e. The van der Waals surface area contributed by atoms with Crippen LogP contribution in [0.5, 0.6) is 0 Å². The fraction of sp³-hybridized carbons (Fsp3) is 0.0556. The van der Waals surface area contributed by atoms with Crippen LogP contribution in [-0.4, -0.2) is 0 Å². The second-order valence-electron chi connectivity index (χ2n) is 20.1. The maximum absolute atomic E-state index is 2.44. The predicted octanol–water partition coefficient (Wildman–Crippen LogP) is 20.7. The molecule has 75 heavy (non-hydrogen) atoms. The summed E-state index contributed by atoms with van der Waals surface area (Å²) in [6.45, 7) is 8.54. The number of rotatable bonds is 11. The van der Waals surface area contributed by atoms with Crippen LogP contribution in [0.3, 0.4) is 0 Å². The molecule has 0 unspecified atom stereocenters. The molecule has 0 aliphatic rings. The van der Waals surface area contributed by atoms with E-state index in [1.54, 1.807) is 0 Å². The van der Waals surface area contributed by atoms with Gasteiger partial charge < -0.3 is 14.7 Å². The summed E-state index contributed by atoms with van der Waals surface area (Å²) in [5.41, 5.74) is 19.7. The summed E-state index contributed by atoms with van der Waals surface area (Å²) in [6.07, 6.45) is 0. The Balaban J connectivity index is 0.881. The van der Waals surface area contributed by atoms with E-state index in [1.165, 1.54) is 65.3 Å². The number of aryl methyl sites for hydroxylation is 4. The molecule has 0 atom stereocenters. The van der Waals surface area contributed by atoms with Crippen LogP contribution in [0.1, 0.15) is 22.3 Å². The minimum Gasteiger partial charge on any atom is -0.311 e. The molecule has 13 aromatic rings. The molecule has 0 aromatic heterocycles. The number of anilines is 9. The van der Waals surface area contributed by atoms with E-state index in [0.29, 0.717) is 0 Å². The first-order valence-electron chi connectivity index (χ1n) is 26.0. The lowest BCUT2D eigenvalue weighted by Gasteiger charge is -2.28. The minimum atomic E-state index is 1.09. The molecular weight excluding hydrogens is 907 g/mol. The average Bonchev–Trinajstić information content (AvgIpc) is 3.49. The van der Waals surface area contributed by atoms with Crippen molar-refractivity contribution in [3.8, 4) is 22.3 Å². The third-order valence-electron chi connectivity index (χ3n) is 15.1. The molecule has 0 bridgehead atoms. The molecule has 0 aliphatic carbocycles. The Morgan fingerprint density at radius 2 is 0.453 bits per heavy atom. The van der Waals surface area contributed by atoms with E-state index in [9.17, 15) is 0 Å². The Hall–Kier alpha value is -9.44. The number of benzene rings is 13. The highest BCUT2D eigenvalue weighted by atomic mass is 15.2. The maximum Gasteiger partial charge on any atom is 0.0540 e. The molecular formula is C72H55N3. The van der Waals surface area contributed by atoms with E-state index in [1.807, 2.05) is 0 Å². The summed E-state index contributed by atoms with van der Waals surface area (Å²) in [5.74, 6) is 0. The quantitative estimate of drug-likeness (QED) is 0.0945. The van der Waals surface area contributed by atoms with Gasteiger partial charge in [-0.2, -0.15) is 0 Å². The van der Waals surface area contributed by atoms with Gasteiger partial charge in [0.1, 0.15) is 0 Å². The van der Waals surface area contributed by atoms with E-state index < -0.39 is 0 Å². The third kappa shape index (κ3) is 8.39. The van der Waals surface area contributed by atoms with Gasteiger partial charge in [0.2, 0.25) is 0 Å². The molecule has 0 aliphatic heterocycles. The van der Waals surface area contributed by atoms with Gasteiger partial charge in [0.15, 0.2) is 0 Å². The van der Waals surface area contributed by atoms with Crippen LogP contribution < -0.4 is 14.7 Å². The Morgan fingerprint density at radius 1 is 0.200 bits per heavy atom. The van der Waals surface area contributed by atoms with Gasteiger partial charge in [0.25, 0.3) is 0 Å². The van der Waals surface area contributed by atoms with Gasteiger partial charge in [-0.05, 0) is 191 Å². The lowest BCUT2D eigenvalue weighted by atomic mass is 9.89. The van der Waals surface area contributed by atoms with Crippen molar-refractivity contribution in [1.29, 1.82) is 0 Å². The topological polar surface area (TPSA) is 9.72 Å². The van der Waals surface area contributed by atoms with Gasteiger partial charge in [0, 0.05) is 50.9 Å². The van der Waals surface area contributed by atoms with Gasteiger partial charge in [0.05, 0.1) is 5.69 Å². The SMILES string of the molecule is Cc1ccc(N(c2ccc(C)cc2)c2ccc(-c3ccc(N(c4ccc(-c5ccc(N(c6ccc(C)cc6)c6ccc(C)cc6)cc5)cc4)c4ccc5c6cccc7cccc(c8cccc4c85)c76)cc3)cc2)cc1. The first-order valence-corrected chi connectivity index (χ1v) is 26.0. The normalized spacial score (nSPS) is 11.5. The van der Waals surface area contributed by atoms with E-state index in [4.69, 9.17) is 0 Å². The molecule has 0 spiro atoms. The van der Waals surface area contributed by atoms with E-state index in [2.05, 4.69) is 303 Å². The number of hydrogen-bond donors (Lipinski definition) is 0. The molecule has 0 amide bonds. The van der Waals surface area contributed by atoms with Crippen molar-refractivity contribution in [3.05, 3.63) is 283 Å². The zero-order chi connectivity index (χ0) is 50.6. The molecule has 13 rings (SSSR count). The largest absolute Gasteiger partial charge is 0.311 e. The van der Waals surface area contributed by atoms with Crippen LogP contribution in [0.15, 0.2) is 261 Å². The molecule has 3 nitrogen and oxygen atoms in total. The average molecular weight is 962 g/mol. The summed E-state index contributed by atoms with van der Waals surface area (Å²) in [7, 11) is 0. The molecule has 0 saturated heterocycles. The molecule has 0 saturated carbocycles. The fourth-order valence-corrected chi connectivity index (χ4v) is 11.1. The van der Waals surface area contributed by atoms with Crippen molar-refractivity contribution < 1.29 is 0 Å². The van der Waals surface area contributed by atoms with Crippen LogP contribution in [0, 0.1) is 27.7 Å². The zero-order valence-electron chi connectivity index (χ0n) is 42.7. The van der Waals surface area contributed by atoms with Gasteiger partial charge in [-0.1, -0.05) is 180 Å². The highest BCUT2D eigenvalue weighted by Crippen LogP contribution is 2.47. The van der Waals surface area contributed by atoms with Crippen molar-refractivity contribution in [3.63, 3.8) is 0 Å². The Labute approximate surface area is 439 Å². The van der Waals surface area contributed by atoms with Gasteiger partial charge in [-0.15, -0.1) is 0 Å². The number of nitrogens with zero attached hydrogens (tertiary/aromatic N) is 3. The monoisotopic (exact) mass is 961 g/mol. The molecule has 0 fully saturated rings. The fourth-order valence-electron chi connectivity index (χ4n) is 11.1. The van der Waals surface area contributed by atoms with Crippen LogP contribution in [0.2, 0.25) is 0 Å². The summed E-state index contributed by atoms with van der Waals surface area (Å²) in [6, 6.07) is 96.1. The van der Waals surface area contributed by atoms with Crippen molar-refractivity contribution in [2.75, 3.05) is 14.7 Å². The molecule has 3 heteroatoms. The summed E-state index contributed by atoms with van der Waals surface area (Å²) < 4.78 is 0. The second kappa shape index (κ2) is 18.9. The summed E-state index contributed by atoms with van der Waals surface area (Å²) in [5, 5.41) is 10.2.